The molecule has 0 spiro atoms. The van der Waals surface area contributed by atoms with Gasteiger partial charge in [0.1, 0.15) is 5.82 Å². The number of carbonyl (C=O) groups is 1. The maximum absolute atomic E-state index is 13.5. The lowest BCUT2D eigenvalue weighted by Gasteiger charge is -2.32. The van der Waals surface area contributed by atoms with Crippen molar-refractivity contribution in [3.63, 3.8) is 0 Å². The molecule has 1 heterocycles. The van der Waals surface area contributed by atoms with Crippen molar-refractivity contribution >= 4 is 11.7 Å². The molecule has 0 saturated carbocycles. The molecule has 2 N–H and O–H groups in total. The monoisotopic (exact) mass is 369 g/mol. The number of urea groups is 1. The zero-order valence-electron chi connectivity index (χ0n) is 15.7. The van der Waals surface area contributed by atoms with Crippen LogP contribution in [0.5, 0.6) is 0 Å². The van der Waals surface area contributed by atoms with Gasteiger partial charge in [0.15, 0.2) is 0 Å². The molecule has 1 aliphatic heterocycles. The van der Waals surface area contributed by atoms with Gasteiger partial charge in [-0.15, -0.1) is 0 Å². The van der Waals surface area contributed by atoms with Crippen molar-refractivity contribution in [1.82, 2.24) is 10.2 Å². The molecule has 0 aromatic heterocycles. The van der Waals surface area contributed by atoms with E-state index < -0.39 is 5.82 Å². The number of halogens is 1. The third-order valence-corrected chi connectivity index (χ3v) is 5.13. The van der Waals surface area contributed by atoms with Gasteiger partial charge in [0.2, 0.25) is 0 Å². The van der Waals surface area contributed by atoms with Gasteiger partial charge in [-0.1, -0.05) is 42.5 Å². The summed E-state index contributed by atoms with van der Waals surface area (Å²) in [5.74, 6) is 0.347. The zero-order valence-corrected chi connectivity index (χ0v) is 15.7. The van der Waals surface area contributed by atoms with Crippen LogP contribution in [-0.4, -0.2) is 37.1 Å². The van der Waals surface area contributed by atoms with E-state index in [1.165, 1.54) is 30.9 Å². The van der Waals surface area contributed by atoms with Gasteiger partial charge in [-0.3, -0.25) is 0 Å². The number of para-hydroxylation sites is 1. The summed E-state index contributed by atoms with van der Waals surface area (Å²) >= 11 is 0. The number of hydrogen-bond acceptors (Lipinski definition) is 2. The predicted molar refractivity (Wildman–Crippen MR) is 107 cm³/mol. The van der Waals surface area contributed by atoms with Crippen molar-refractivity contribution in [2.45, 2.75) is 25.7 Å². The third kappa shape index (κ3) is 6.36. The smallest absolute Gasteiger partial charge is 0.319 e. The molecule has 0 bridgehead atoms. The lowest BCUT2D eigenvalue weighted by atomic mass is 9.90. The van der Waals surface area contributed by atoms with Crippen LogP contribution in [-0.2, 0) is 6.42 Å². The number of piperidine rings is 1. The van der Waals surface area contributed by atoms with E-state index in [2.05, 4.69) is 45.9 Å². The van der Waals surface area contributed by atoms with Crippen molar-refractivity contribution in [3.05, 3.63) is 66.0 Å². The molecule has 3 rings (SSSR count). The molecule has 5 heteroatoms. The van der Waals surface area contributed by atoms with Gasteiger partial charge in [-0.2, -0.15) is 0 Å². The highest BCUT2D eigenvalue weighted by Crippen LogP contribution is 2.21. The van der Waals surface area contributed by atoms with Crippen LogP contribution in [0.2, 0.25) is 0 Å². The van der Waals surface area contributed by atoms with Crippen molar-refractivity contribution in [2.24, 2.45) is 5.92 Å². The largest absolute Gasteiger partial charge is 0.338 e. The summed E-state index contributed by atoms with van der Waals surface area (Å²) in [5.41, 5.74) is 1.64. The Morgan fingerprint density at radius 2 is 1.74 bits per heavy atom. The molecular weight excluding hydrogens is 341 g/mol. The number of anilines is 1. The highest BCUT2D eigenvalue weighted by molar-refractivity contribution is 5.89. The van der Waals surface area contributed by atoms with Crippen molar-refractivity contribution in [2.75, 3.05) is 31.5 Å². The van der Waals surface area contributed by atoms with Crippen LogP contribution in [0.4, 0.5) is 14.9 Å². The molecule has 2 amide bonds. The van der Waals surface area contributed by atoms with E-state index in [-0.39, 0.29) is 11.7 Å². The van der Waals surface area contributed by atoms with E-state index in [4.69, 9.17) is 0 Å². The summed E-state index contributed by atoms with van der Waals surface area (Å²) in [7, 11) is 0. The average Bonchev–Trinajstić information content (AvgIpc) is 2.69. The van der Waals surface area contributed by atoms with Crippen LogP contribution < -0.4 is 10.6 Å². The number of benzene rings is 2. The first-order valence-electron chi connectivity index (χ1n) is 9.76. The quantitative estimate of drug-likeness (QED) is 0.715. The zero-order chi connectivity index (χ0) is 18.9. The van der Waals surface area contributed by atoms with Crippen LogP contribution in [0.15, 0.2) is 54.6 Å². The van der Waals surface area contributed by atoms with Crippen molar-refractivity contribution in [1.29, 1.82) is 0 Å². The summed E-state index contributed by atoms with van der Waals surface area (Å²) in [6, 6.07) is 16.5. The second-order valence-corrected chi connectivity index (χ2v) is 7.19. The number of nitrogens with one attached hydrogen (secondary N) is 2. The normalized spacial score (nSPS) is 15.4. The molecule has 4 nitrogen and oxygen atoms in total. The molecule has 2 aromatic carbocycles. The SMILES string of the molecule is O=C(NCCCN1CCC(Cc2ccccc2)CC1)Nc1ccccc1F. The van der Waals surface area contributed by atoms with E-state index in [0.717, 1.165) is 32.0 Å². The van der Waals surface area contributed by atoms with Gasteiger partial charge < -0.3 is 15.5 Å². The Morgan fingerprint density at radius 1 is 1.04 bits per heavy atom. The van der Waals surface area contributed by atoms with E-state index >= 15 is 0 Å². The van der Waals surface area contributed by atoms with Gasteiger partial charge in [0.25, 0.3) is 0 Å². The number of hydrogen-bond donors (Lipinski definition) is 2. The fourth-order valence-electron chi connectivity index (χ4n) is 3.60. The molecule has 1 saturated heterocycles. The fourth-order valence-corrected chi connectivity index (χ4v) is 3.60. The van der Waals surface area contributed by atoms with Gasteiger partial charge >= 0.3 is 6.03 Å². The Morgan fingerprint density at radius 3 is 2.48 bits per heavy atom. The van der Waals surface area contributed by atoms with Crippen LogP contribution in [0.3, 0.4) is 0 Å². The number of nitrogens with zero attached hydrogens (tertiary/aromatic N) is 1. The maximum atomic E-state index is 13.5. The lowest BCUT2D eigenvalue weighted by molar-refractivity contribution is 0.182. The molecule has 1 aliphatic rings. The average molecular weight is 369 g/mol. The second-order valence-electron chi connectivity index (χ2n) is 7.19. The standard InChI is InChI=1S/C22H28FN3O/c23-20-9-4-5-10-21(20)25-22(27)24-13-6-14-26-15-11-19(12-16-26)17-18-7-2-1-3-8-18/h1-5,7-10,19H,6,11-17H2,(H2,24,25,27). The molecule has 0 aliphatic carbocycles. The van der Waals surface area contributed by atoms with Crippen LogP contribution in [0.25, 0.3) is 0 Å². The summed E-state index contributed by atoms with van der Waals surface area (Å²) in [5, 5.41) is 5.33. The molecule has 0 unspecified atom stereocenters. The summed E-state index contributed by atoms with van der Waals surface area (Å²) < 4.78 is 13.5. The Hall–Kier alpha value is -2.40. The number of rotatable bonds is 7. The number of amides is 2. The third-order valence-electron chi connectivity index (χ3n) is 5.13. The molecule has 1 fully saturated rings. The molecule has 27 heavy (non-hydrogen) atoms. The molecule has 144 valence electrons. The summed E-state index contributed by atoms with van der Waals surface area (Å²) in [6.07, 6.45) is 4.53. The first-order chi connectivity index (χ1) is 13.2. The van der Waals surface area contributed by atoms with E-state index in [0.29, 0.717) is 6.54 Å². The Kier molecular flexibility index (Phi) is 7.22. The molecular formula is C22H28FN3O. The van der Waals surface area contributed by atoms with Gasteiger partial charge in [-0.25, -0.2) is 9.18 Å². The lowest BCUT2D eigenvalue weighted by Crippen LogP contribution is -2.37. The van der Waals surface area contributed by atoms with Gasteiger partial charge in [0.05, 0.1) is 5.69 Å². The van der Waals surface area contributed by atoms with Crippen LogP contribution in [0, 0.1) is 11.7 Å². The van der Waals surface area contributed by atoms with Crippen LogP contribution in [0.1, 0.15) is 24.8 Å². The highest BCUT2D eigenvalue weighted by Gasteiger charge is 2.19. The summed E-state index contributed by atoms with van der Waals surface area (Å²) in [6.45, 7) is 3.82. The van der Waals surface area contributed by atoms with Gasteiger partial charge in [-0.05, 0) is 68.9 Å². The fraction of sp³-hybridized carbons (Fsp3) is 0.409. The van der Waals surface area contributed by atoms with Crippen LogP contribution >= 0.6 is 0 Å². The minimum absolute atomic E-state index is 0.204. The minimum Gasteiger partial charge on any atom is -0.338 e. The topological polar surface area (TPSA) is 44.4 Å². The highest BCUT2D eigenvalue weighted by atomic mass is 19.1. The molecule has 0 atom stereocenters. The minimum atomic E-state index is -0.425. The maximum Gasteiger partial charge on any atom is 0.319 e. The second kappa shape index (κ2) is 10.1. The van der Waals surface area contributed by atoms with E-state index in [1.807, 2.05) is 0 Å². The summed E-state index contributed by atoms with van der Waals surface area (Å²) in [4.78, 5) is 14.3. The van der Waals surface area contributed by atoms with E-state index in [1.54, 1.807) is 18.2 Å². The Balaban J connectivity index is 1.28. The van der Waals surface area contributed by atoms with E-state index in [9.17, 15) is 9.18 Å². The Labute approximate surface area is 160 Å². The Bertz CT molecular complexity index is 715. The van der Waals surface area contributed by atoms with Crippen molar-refractivity contribution in [3.8, 4) is 0 Å². The molecule has 0 radical (unpaired) electrons. The number of carbonyl (C=O) groups excluding carboxylic acids is 1. The molecule has 2 aromatic rings. The van der Waals surface area contributed by atoms with Crippen molar-refractivity contribution < 1.29 is 9.18 Å². The first-order valence-corrected chi connectivity index (χ1v) is 9.76. The van der Waals surface area contributed by atoms with Gasteiger partial charge in [0, 0.05) is 6.54 Å². The first kappa shape index (κ1) is 19.4. The predicted octanol–water partition coefficient (Wildman–Crippen LogP) is 4.29. The number of likely N-dealkylation sites (tertiary alicyclic amines) is 1.